The van der Waals surface area contributed by atoms with Crippen LogP contribution in [0.15, 0.2) is 84.6 Å². The molecule has 0 aliphatic heterocycles. The first-order valence-corrected chi connectivity index (χ1v) is 12.1. The molecule has 162 valence electrons. The van der Waals surface area contributed by atoms with Crippen molar-refractivity contribution in [1.29, 1.82) is 0 Å². The van der Waals surface area contributed by atoms with Gasteiger partial charge in [0, 0.05) is 21.6 Å². The Bertz CT molecular complexity index is 1290. The number of thioether (sulfide) groups is 1. The summed E-state index contributed by atoms with van der Waals surface area (Å²) in [6, 6.07) is 19.3. The van der Waals surface area contributed by atoms with Crippen molar-refractivity contribution in [3.8, 4) is 0 Å². The van der Waals surface area contributed by atoms with E-state index in [2.05, 4.69) is 30.5 Å². The summed E-state index contributed by atoms with van der Waals surface area (Å²) in [6.45, 7) is 1.90. The Hall–Kier alpha value is -3.15. The molecule has 4 rings (SSSR count). The third kappa shape index (κ3) is 6.19. The Kier molecular flexibility index (Phi) is 7.20. The van der Waals surface area contributed by atoms with E-state index < -0.39 is 0 Å². The molecule has 0 spiro atoms. The number of rotatable bonds is 7. The number of aromatic nitrogens is 4. The van der Waals surface area contributed by atoms with Crippen LogP contribution < -0.4 is 16.6 Å². The standard InChI is InChI=1S/C21H19N7OS3/c1-13-27-28-21(31-13)30-12-14-11-18(29)25-20(23-14)26-19(22)24-16-9-5-6-10-17(16)32-15-7-3-2-4-8-15/h2-11H,12H2,1H3,(H4,22,23,24,25,26,29). The van der Waals surface area contributed by atoms with Crippen molar-refractivity contribution in [3.05, 3.63) is 81.7 Å². The van der Waals surface area contributed by atoms with Gasteiger partial charge in [-0.05, 0) is 31.2 Å². The molecule has 0 saturated carbocycles. The fraction of sp³-hybridized carbons (Fsp3) is 0.0952. The van der Waals surface area contributed by atoms with E-state index in [0.717, 1.165) is 24.8 Å². The van der Waals surface area contributed by atoms with Crippen molar-refractivity contribution in [1.82, 2.24) is 20.2 Å². The van der Waals surface area contributed by atoms with Gasteiger partial charge in [-0.1, -0.05) is 65.2 Å². The van der Waals surface area contributed by atoms with Crippen LogP contribution in [-0.4, -0.2) is 26.1 Å². The summed E-state index contributed by atoms with van der Waals surface area (Å²) in [7, 11) is 0. The lowest BCUT2D eigenvalue weighted by Gasteiger charge is -2.11. The maximum Gasteiger partial charge on any atom is 0.252 e. The zero-order valence-electron chi connectivity index (χ0n) is 17.0. The van der Waals surface area contributed by atoms with Gasteiger partial charge in [0.1, 0.15) is 5.01 Å². The van der Waals surface area contributed by atoms with Crippen LogP contribution in [-0.2, 0) is 5.75 Å². The van der Waals surface area contributed by atoms with Crippen molar-refractivity contribution in [2.45, 2.75) is 26.8 Å². The minimum atomic E-state index is -0.296. The van der Waals surface area contributed by atoms with Gasteiger partial charge in [0.05, 0.1) is 11.4 Å². The van der Waals surface area contributed by atoms with Gasteiger partial charge in [-0.25, -0.2) is 4.98 Å². The number of aromatic amines is 1. The highest BCUT2D eigenvalue weighted by Gasteiger charge is 2.08. The lowest BCUT2D eigenvalue weighted by atomic mass is 10.3. The van der Waals surface area contributed by atoms with Crippen LogP contribution in [0.4, 0.5) is 11.6 Å². The number of nitrogens with two attached hydrogens (primary N) is 1. The minimum Gasteiger partial charge on any atom is -0.369 e. The fourth-order valence-corrected chi connectivity index (χ4v) is 5.28. The number of para-hydroxylation sites is 1. The molecule has 32 heavy (non-hydrogen) atoms. The topological polar surface area (TPSA) is 122 Å². The van der Waals surface area contributed by atoms with Crippen molar-refractivity contribution in [3.63, 3.8) is 0 Å². The molecule has 2 aromatic heterocycles. The van der Waals surface area contributed by atoms with E-state index in [1.165, 1.54) is 29.2 Å². The zero-order chi connectivity index (χ0) is 22.3. The van der Waals surface area contributed by atoms with Crippen molar-refractivity contribution in [2.75, 3.05) is 5.32 Å². The number of H-pyrrole nitrogens is 1. The fourth-order valence-electron chi connectivity index (χ4n) is 2.65. The van der Waals surface area contributed by atoms with E-state index in [1.54, 1.807) is 11.8 Å². The van der Waals surface area contributed by atoms with E-state index in [0.29, 0.717) is 11.4 Å². The minimum absolute atomic E-state index is 0.124. The number of hydrogen-bond donors (Lipinski definition) is 3. The smallest absolute Gasteiger partial charge is 0.252 e. The predicted octanol–water partition coefficient (Wildman–Crippen LogP) is 4.43. The molecular formula is C21H19N7OS3. The molecule has 4 N–H and O–H groups in total. The number of aryl methyl sites for hydroxylation is 1. The Morgan fingerprint density at radius 2 is 1.94 bits per heavy atom. The number of aliphatic imine (C=N–C) groups is 1. The van der Waals surface area contributed by atoms with Crippen molar-refractivity contribution < 1.29 is 0 Å². The van der Waals surface area contributed by atoms with Gasteiger partial charge in [0.15, 0.2) is 4.34 Å². The Morgan fingerprint density at radius 3 is 2.72 bits per heavy atom. The number of benzene rings is 2. The van der Waals surface area contributed by atoms with Gasteiger partial charge < -0.3 is 11.1 Å². The summed E-state index contributed by atoms with van der Waals surface area (Å²) in [6.07, 6.45) is 0. The van der Waals surface area contributed by atoms with Gasteiger partial charge in [-0.2, -0.15) is 4.99 Å². The molecule has 0 bridgehead atoms. The Morgan fingerprint density at radius 1 is 1.16 bits per heavy atom. The molecule has 0 aliphatic rings. The van der Waals surface area contributed by atoms with Gasteiger partial charge >= 0.3 is 0 Å². The lowest BCUT2D eigenvalue weighted by molar-refractivity contribution is 0.981. The Labute approximate surface area is 196 Å². The van der Waals surface area contributed by atoms with E-state index >= 15 is 0 Å². The molecule has 2 aromatic carbocycles. The van der Waals surface area contributed by atoms with Gasteiger partial charge in [-0.3, -0.25) is 9.78 Å². The maximum absolute atomic E-state index is 12.1. The summed E-state index contributed by atoms with van der Waals surface area (Å²) in [5.41, 5.74) is 7.21. The molecule has 0 unspecified atom stereocenters. The lowest BCUT2D eigenvalue weighted by Crippen LogP contribution is -2.23. The summed E-state index contributed by atoms with van der Waals surface area (Å²) < 4.78 is 0.823. The Balaban J connectivity index is 1.48. The number of nitrogens with one attached hydrogen (secondary N) is 2. The summed E-state index contributed by atoms with van der Waals surface area (Å²) in [5, 5.41) is 12.0. The molecule has 4 aromatic rings. The average Bonchev–Trinajstić information content (AvgIpc) is 3.19. The summed E-state index contributed by atoms with van der Waals surface area (Å²) in [4.78, 5) is 25.4. The van der Waals surface area contributed by atoms with E-state index in [4.69, 9.17) is 5.73 Å². The first-order chi connectivity index (χ1) is 15.5. The highest BCUT2D eigenvalue weighted by molar-refractivity contribution is 8.00. The number of anilines is 1. The van der Waals surface area contributed by atoms with Crippen LogP contribution in [0.25, 0.3) is 0 Å². The largest absolute Gasteiger partial charge is 0.369 e. The molecule has 0 amide bonds. The summed E-state index contributed by atoms with van der Waals surface area (Å²) in [5.74, 6) is 0.740. The second-order valence-electron chi connectivity index (χ2n) is 6.47. The zero-order valence-corrected chi connectivity index (χ0v) is 19.4. The predicted molar refractivity (Wildman–Crippen MR) is 131 cm³/mol. The van der Waals surface area contributed by atoms with Gasteiger partial charge in [0.2, 0.25) is 11.9 Å². The average molecular weight is 482 g/mol. The quantitative estimate of drug-likeness (QED) is 0.201. The molecule has 0 atom stereocenters. The maximum atomic E-state index is 12.1. The van der Waals surface area contributed by atoms with Crippen LogP contribution in [0.1, 0.15) is 10.7 Å². The highest BCUT2D eigenvalue weighted by atomic mass is 32.2. The van der Waals surface area contributed by atoms with Gasteiger partial charge in [-0.15, -0.1) is 10.2 Å². The third-order valence-electron chi connectivity index (χ3n) is 3.98. The van der Waals surface area contributed by atoms with Crippen LogP contribution in [0.5, 0.6) is 0 Å². The van der Waals surface area contributed by atoms with Crippen molar-refractivity contribution in [2.24, 2.45) is 10.7 Å². The first-order valence-electron chi connectivity index (χ1n) is 9.51. The monoisotopic (exact) mass is 481 g/mol. The molecule has 0 radical (unpaired) electrons. The molecule has 0 aliphatic carbocycles. The normalized spacial score (nSPS) is 11.5. The van der Waals surface area contributed by atoms with E-state index in [9.17, 15) is 4.79 Å². The second kappa shape index (κ2) is 10.4. The molecule has 2 heterocycles. The molecule has 0 saturated heterocycles. The van der Waals surface area contributed by atoms with Crippen molar-refractivity contribution >= 4 is 52.5 Å². The van der Waals surface area contributed by atoms with Crippen LogP contribution in [0.2, 0.25) is 0 Å². The SMILES string of the molecule is Cc1nnc(SCc2cc(=O)[nH]c(/N=C(\N)Nc3ccccc3Sc3ccccc3)n2)s1. The second-order valence-corrected chi connectivity index (χ2v) is 9.99. The van der Waals surface area contributed by atoms with E-state index in [1.807, 2.05) is 61.5 Å². The molecule has 8 nitrogen and oxygen atoms in total. The van der Waals surface area contributed by atoms with Gasteiger partial charge in [0.25, 0.3) is 5.56 Å². The van der Waals surface area contributed by atoms with E-state index in [-0.39, 0.29) is 17.5 Å². The summed E-state index contributed by atoms with van der Waals surface area (Å²) >= 11 is 4.58. The highest BCUT2D eigenvalue weighted by Crippen LogP contribution is 2.33. The molecule has 0 fully saturated rings. The van der Waals surface area contributed by atoms with Crippen LogP contribution in [0.3, 0.4) is 0 Å². The molecular weight excluding hydrogens is 462 g/mol. The molecule has 11 heteroatoms. The third-order valence-corrected chi connectivity index (χ3v) is 7.07. The first kappa shape index (κ1) is 22.1. The number of guanidine groups is 1. The van der Waals surface area contributed by atoms with Crippen LogP contribution in [0, 0.1) is 6.92 Å². The number of nitrogens with zero attached hydrogens (tertiary/aromatic N) is 4. The van der Waals surface area contributed by atoms with Crippen LogP contribution >= 0.6 is 34.9 Å². The number of hydrogen-bond acceptors (Lipinski definition) is 8.